The smallest absolute Gasteiger partial charge is 0.336 e. The first-order chi connectivity index (χ1) is 15.9. The lowest BCUT2D eigenvalue weighted by atomic mass is 9.77. The summed E-state index contributed by atoms with van der Waals surface area (Å²) in [5.74, 6) is -1.77. The molecule has 0 bridgehead atoms. The van der Waals surface area contributed by atoms with Gasteiger partial charge in [0.05, 0.1) is 23.1 Å². The van der Waals surface area contributed by atoms with E-state index in [9.17, 15) is 9.59 Å². The number of esters is 1. The van der Waals surface area contributed by atoms with Crippen molar-refractivity contribution in [3.8, 4) is 5.75 Å². The van der Waals surface area contributed by atoms with Crippen molar-refractivity contribution in [3.05, 3.63) is 87.0 Å². The number of hydrogen-bond acceptors (Lipinski definition) is 6. The van der Waals surface area contributed by atoms with Crippen LogP contribution in [0.2, 0.25) is 5.02 Å². The second kappa shape index (κ2) is 9.77. The minimum absolute atomic E-state index is 0.0112. The molecule has 1 atom stereocenters. The van der Waals surface area contributed by atoms with Crippen molar-refractivity contribution >= 4 is 23.4 Å². The van der Waals surface area contributed by atoms with Gasteiger partial charge in [0, 0.05) is 29.1 Å². The van der Waals surface area contributed by atoms with Crippen molar-refractivity contribution in [2.45, 2.75) is 19.8 Å². The van der Waals surface area contributed by atoms with Gasteiger partial charge in [-0.3, -0.25) is 4.79 Å². The Morgan fingerprint density at radius 3 is 2.64 bits per heavy atom. The van der Waals surface area contributed by atoms with E-state index in [4.69, 9.17) is 21.1 Å². The third-order valence-corrected chi connectivity index (χ3v) is 6.19. The molecule has 4 rings (SSSR count). The number of halogens is 2. The summed E-state index contributed by atoms with van der Waals surface area (Å²) in [4.78, 5) is 26.1. The number of aryl methyl sites for hydroxylation is 1. The van der Waals surface area contributed by atoms with Gasteiger partial charge in [-0.1, -0.05) is 35.9 Å². The Morgan fingerprint density at radius 2 is 1.88 bits per heavy atom. The molecule has 2 aromatic carbocycles. The maximum atomic E-state index is 15.1. The minimum Gasteiger partial charge on any atom is -0.490 e. The van der Waals surface area contributed by atoms with Crippen LogP contribution in [0.1, 0.15) is 24.0 Å². The van der Waals surface area contributed by atoms with Crippen LogP contribution in [-0.2, 0) is 14.3 Å². The van der Waals surface area contributed by atoms with Gasteiger partial charge in [0.2, 0.25) is 0 Å². The highest BCUT2D eigenvalue weighted by molar-refractivity contribution is 6.32. The summed E-state index contributed by atoms with van der Waals surface area (Å²) in [6.07, 6.45) is 0. The van der Waals surface area contributed by atoms with Gasteiger partial charge < -0.3 is 20.1 Å². The number of rotatable bonds is 6. The highest BCUT2D eigenvalue weighted by Gasteiger charge is 2.41. The molecule has 0 aliphatic carbocycles. The SMILES string of the molecule is CC1=C(C(=O)OCCOc2ccccc2)C(c2c(F)ccc(C)c2Cl)C2=C(CNCC2=O)N1. The second-order valence-electron chi connectivity index (χ2n) is 7.91. The van der Waals surface area contributed by atoms with Gasteiger partial charge in [-0.15, -0.1) is 0 Å². The van der Waals surface area contributed by atoms with Crippen LogP contribution >= 0.6 is 11.6 Å². The summed E-state index contributed by atoms with van der Waals surface area (Å²) in [6, 6.07) is 12.0. The average molecular weight is 471 g/mol. The summed E-state index contributed by atoms with van der Waals surface area (Å²) in [5, 5.41) is 6.33. The zero-order valence-corrected chi connectivity index (χ0v) is 19.1. The van der Waals surface area contributed by atoms with E-state index in [2.05, 4.69) is 10.6 Å². The third-order valence-electron chi connectivity index (χ3n) is 5.69. The molecule has 0 saturated carbocycles. The first kappa shape index (κ1) is 23.0. The molecule has 1 unspecified atom stereocenters. The molecule has 172 valence electrons. The maximum absolute atomic E-state index is 15.1. The summed E-state index contributed by atoms with van der Waals surface area (Å²) in [5.41, 5.74) is 2.34. The number of ether oxygens (including phenoxy) is 2. The highest BCUT2D eigenvalue weighted by atomic mass is 35.5. The van der Waals surface area contributed by atoms with Gasteiger partial charge in [0.1, 0.15) is 24.8 Å². The molecule has 8 heteroatoms. The molecule has 0 saturated heterocycles. The fraction of sp³-hybridized carbons (Fsp3) is 0.280. The average Bonchev–Trinajstić information content (AvgIpc) is 2.80. The van der Waals surface area contributed by atoms with Gasteiger partial charge >= 0.3 is 5.97 Å². The molecule has 2 aliphatic heterocycles. The van der Waals surface area contributed by atoms with Crippen LogP contribution in [0, 0.1) is 12.7 Å². The first-order valence-corrected chi connectivity index (χ1v) is 11.0. The number of nitrogens with one attached hydrogen (secondary N) is 2. The zero-order chi connectivity index (χ0) is 23.5. The number of allylic oxidation sites excluding steroid dienone is 1. The molecule has 33 heavy (non-hydrogen) atoms. The van der Waals surface area contributed by atoms with Crippen LogP contribution in [0.4, 0.5) is 4.39 Å². The standard InChI is InChI=1S/C25H24ClFN2O4/c1-14-8-9-17(27)21(24(14)26)23-20(15(2)29-18-12-28-13-19(30)22(18)23)25(31)33-11-10-32-16-6-4-3-5-7-16/h3-9,23,28-29H,10-13H2,1-2H3. The van der Waals surface area contributed by atoms with E-state index in [0.29, 0.717) is 34.8 Å². The fourth-order valence-electron chi connectivity index (χ4n) is 4.15. The summed E-state index contributed by atoms with van der Waals surface area (Å²) >= 11 is 6.52. The Morgan fingerprint density at radius 1 is 1.12 bits per heavy atom. The van der Waals surface area contributed by atoms with Crippen LogP contribution in [0.5, 0.6) is 5.75 Å². The monoisotopic (exact) mass is 470 g/mol. The molecule has 0 fully saturated rings. The topological polar surface area (TPSA) is 76.7 Å². The molecular weight excluding hydrogens is 447 g/mol. The summed E-state index contributed by atoms with van der Waals surface area (Å²) in [6.45, 7) is 4.08. The Kier molecular flexibility index (Phi) is 6.81. The zero-order valence-electron chi connectivity index (χ0n) is 18.3. The molecule has 0 radical (unpaired) electrons. The lowest BCUT2D eigenvalue weighted by molar-refractivity contribution is -0.140. The van der Waals surface area contributed by atoms with Crippen molar-refractivity contribution in [3.63, 3.8) is 0 Å². The van der Waals surface area contributed by atoms with Crippen molar-refractivity contribution in [2.24, 2.45) is 0 Å². The molecule has 2 heterocycles. The van der Waals surface area contributed by atoms with E-state index < -0.39 is 17.7 Å². The van der Waals surface area contributed by atoms with Crippen molar-refractivity contribution < 1.29 is 23.5 Å². The molecule has 0 aromatic heterocycles. The number of benzene rings is 2. The predicted octanol–water partition coefficient (Wildman–Crippen LogP) is 3.80. The number of Topliss-reactive ketones (excluding diaryl/α,β-unsaturated/α-hetero) is 1. The summed E-state index contributed by atoms with van der Waals surface area (Å²) < 4.78 is 26.2. The van der Waals surface area contributed by atoms with Gasteiger partial charge in [-0.25, -0.2) is 9.18 Å². The van der Waals surface area contributed by atoms with Gasteiger partial charge in [-0.2, -0.15) is 0 Å². The largest absolute Gasteiger partial charge is 0.490 e. The van der Waals surface area contributed by atoms with Gasteiger partial charge in [0.25, 0.3) is 0 Å². The Hall–Kier alpha value is -3.16. The lowest BCUT2D eigenvalue weighted by Gasteiger charge is -2.35. The predicted molar refractivity (Wildman–Crippen MR) is 123 cm³/mol. The third kappa shape index (κ3) is 4.65. The lowest BCUT2D eigenvalue weighted by Crippen LogP contribution is -2.43. The minimum atomic E-state index is -0.967. The molecule has 2 N–H and O–H groups in total. The van der Waals surface area contributed by atoms with Crippen LogP contribution in [0.3, 0.4) is 0 Å². The summed E-state index contributed by atoms with van der Waals surface area (Å²) in [7, 11) is 0. The molecule has 2 aliphatic rings. The Labute approximate surface area is 196 Å². The number of carbonyl (C=O) groups is 2. The Balaban J connectivity index is 1.64. The fourth-order valence-corrected chi connectivity index (χ4v) is 4.41. The van der Waals surface area contributed by atoms with E-state index in [-0.39, 0.29) is 41.7 Å². The van der Waals surface area contributed by atoms with Crippen LogP contribution in [0.25, 0.3) is 0 Å². The second-order valence-corrected chi connectivity index (χ2v) is 8.28. The number of hydrogen-bond donors (Lipinski definition) is 2. The van der Waals surface area contributed by atoms with Gasteiger partial charge in [-0.05, 0) is 37.6 Å². The van der Waals surface area contributed by atoms with E-state index in [1.165, 1.54) is 6.07 Å². The van der Waals surface area contributed by atoms with Gasteiger partial charge in [0.15, 0.2) is 5.78 Å². The van der Waals surface area contributed by atoms with Crippen LogP contribution in [-0.4, -0.2) is 38.1 Å². The molecule has 6 nitrogen and oxygen atoms in total. The molecule has 2 aromatic rings. The number of dihydropyridines is 1. The van der Waals surface area contributed by atoms with Crippen LogP contribution < -0.4 is 15.4 Å². The number of carbonyl (C=O) groups excluding carboxylic acids is 2. The Bertz CT molecular complexity index is 1160. The van der Waals surface area contributed by atoms with Crippen molar-refractivity contribution in [1.29, 1.82) is 0 Å². The number of para-hydroxylation sites is 1. The highest BCUT2D eigenvalue weighted by Crippen LogP contribution is 2.44. The first-order valence-electron chi connectivity index (χ1n) is 10.6. The van der Waals surface area contributed by atoms with E-state index >= 15 is 4.39 Å². The molecule has 0 amide bonds. The molecule has 0 spiro atoms. The maximum Gasteiger partial charge on any atom is 0.336 e. The number of ketones is 1. The van der Waals surface area contributed by atoms with E-state index in [1.54, 1.807) is 32.0 Å². The normalized spacial score (nSPS) is 18.1. The quantitative estimate of drug-likeness (QED) is 0.494. The molecular formula is C25H24ClFN2O4. The van der Waals surface area contributed by atoms with Crippen molar-refractivity contribution in [1.82, 2.24) is 10.6 Å². The van der Waals surface area contributed by atoms with E-state index in [0.717, 1.165) is 0 Å². The van der Waals surface area contributed by atoms with Crippen LogP contribution in [0.15, 0.2) is 65.0 Å². The van der Waals surface area contributed by atoms with Crippen molar-refractivity contribution in [2.75, 3.05) is 26.3 Å². The van der Waals surface area contributed by atoms with E-state index in [1.807, 2.05) is 18.2 Å².